The first-order valence-electron chi connectivity index (χ1n) is 9.54. The van der Waals surface area contributed by atoms with E-state index in [1.807, 2.05) is 13.0 Å². The number of aromatic amines is 1. The third-order valence-corrected chi connectivity index (χ3v) is 5.48. The summed E-state index contributed by atoms with van der Waals surface area (Å²) in [7, 11) is 0. The molecule has 30 heavy (non-hydrogen) atoms. The van der Waals surface area contributed by atoms with Gasteiger partial charge in [-0.2, -0.15) is 4.98 Å². The number of H-pyrrole nitrogens is 1. The van der Waals surface area contributed by atoms with Crippen molar-refractivity contribution >= 4 is 11.6 Å². The van der Waals surface area contributed by atoms with Gasteiger partial charge in [-0.15, -0.1) is 5.10 Å². The second kappa shape index (κ2) is 6.72. The van der Waals surface area contributed by atoms with Crippen LogP contribution in [0.1, 0.15) is 22.4 Å². The standard InChI is InChI=1S/C21H18F2N6O/c1-11-5-16(22)17(23)7-15(11)13-6-14-10-28(4-3-18(14)24-8-13)19-12(2)9-29-20(25-19)26-27-21(29)30/h5-9H,3-4,10H2,1-2H3,(H,27,30). The number of fused-ring (bicyclic) bond motifs is 2. The molecule has 3 aromatic heterocycles. The van der Waals surface area contributed by atoms with Crippen LogP contribution in [0.3, 0.4) is 0 Å². The molecule has 0 saturated carbocycles. The second-order valence-electron chi connectivity index (χ2n) is 7.53. The highest BCUT2D eigenvalue weighted by Crippen LogP contribution is 2.30. The fourth-order valence-corrected chi connectivity index (χ4v) is 3.96. The lowest BCUT2D eigenvalue weighted by Gasteiger charge is -2.30. The number of nitrogens with one attached hydrogen (secondary N) is 1. The Hall–Kier alpha value is -3.62. The monoisotopic (exact) mass is 408 g/mol. The van der Waals surface area contributed by atoms with E-state index in [1.165, 1.54) is 16.5 Å². The molecule has 4 aromatic rings. The summed E-state index contributed by atoms with van der Waals surface area (Å²) >= 11 is 0. The predicted molar refractivity (Wildman–Crippen MR) is 107 cm³/mol. The van der Waals surface area contributed by atoms with Crippen molar-refractivity contribution in [1.82, 2.24) is 24.6 Å². The van der Waals surface area contributed by atoms with Crippen LogP contribution in [0.2, 0.25) is 0 Å². The largest absolute Gasteiger partial charge is 0.351 e. The van der Waals surface area contributed by atoms with Crippen molar-refractivity contribution in [3.8, 4) is 11.1 Å². The van der Waals surface area contributed by atoms with Crippen LogP contribution in [0, 0.1) is 25.5 Å². The Bertz CT molecular complexity index is 1360. The molecule has 1 N–H and O–H groups in total. The van der Waals surface area contributed by atoms with Gasteiger partial charge in [-0.25, -0.2) is 23.1 Å². The summed E-state index contributed by atoms with van der Waals surface area (Å²) in [5.41, 5.74) is 4.52. The summed E-state index contributed by atoms with van der Waals surface area (Å²) in [5, 5.41) is 6.35. The van der Waals surface area contributed by atoms with Crippen LogP contribution in [0.15, 0.2) is 35.4 Å². The average molecular weight is 408 g/mol. The molecular weight excluding hydrogens is 390 g/mol. The van der Waals surface area contributed by atoms with Gasteiger partial charge in [0.2, 0.25) is 0 Å². The van der Waals surface area contributed by atoms with Crippen LogP contribution < -0.4 is 10.6 Å². The summed E-state index contributed by atoms with van der Waals surface area (Å²) in [6, 6.07) is 4.38. The van der Waals surface area contributed by atoms with Gasteiger partial charge in [-0.05, 0) is 48.7 Å². The number of benzene rings is 1. The second-order valence-corrected chi connectivity index (χ2v) is 7.53. The van der Waals surface area contributed by atoms with Crippen LogP contribution in [-0.2, 0) is 13.0 Å². The molecule has 4 heterocycles. The van der Waals surface area contributed by atoms with Gasteiger partial charge in [0, 0.05) is 48.7 Å². The van der Waals surface area contributed by atoms with E-state index in [1.54, 1.807) is 19.3 Å². The Labute approximate surface area is 170 Å². The molecule has 0 saturated heterocycles. The molecule has 0 fully saturated rings. The van der Waals surface area contributed by atoms with E-state index in [0.29, 0.717) is 23.4 Å². The molecule has 0 bridgehead atoms. The van der Waals surface area contributed by atoms with Gasteiger partial charge in [-0.3, -0.25) is 4.98 Å². The fraction of sp³-hybridized carbons (Fsp3) is 0.238. The predicted octanol–water partition coefficient (Wildman–Crippen LogP) is 2.94. The fourth-order valence-electron chi connectivity index (χ4n) is 3.96. The Morgan fingerprint density at radius 2 is 1.90 bits per heavy atom. The third kappa shape index (κ3) is 2.94. The lowest BCUT2D eigenvalue weighted by Crippen LogP contribution is -2.32. The van der Waals surface area contributed by atoms with Crippen molar-refractivity contribution in [3.05, 3.63) is 75.1 Å². The molecule has 152 valence electrons. The molecule has 0 radical (unpaired) electrons. The van der Waals surface area contributed by atoms with Crippen LogP contribution in [0.4, 0.5) is 14.6 Å². The third-order valence-electron chi connectivity index (χ3n) is 5.48. The number of hydrogen-bond acceptors (Lipinski definition) is 5. The van der Waals surface area contributed by atoms with Crippen LogP contribution in [0.25, 0.3) is 16.9 Å². The Balaban J connectivity index is 1.53. The smallest absolute Gasteiger partial charge is 0.348 e. The molecule has 0 amide bonds. The minimum atomic E-state index is -0.877. The zero-order valence-electron chi connectivity index (χ0n) is 16.4. The average Bonchev–Trinajstić information content (AvgIpc) is 3.09. The van der Waals surface area contributed by atoms with Crippen molar-refractivity contribution in [1.29, 1.82) is 0 Å². The summed E-state index contributed by atoms with van der Waals surface area (Å²) < 4.78 is 28.7. The highest BCUT2D eigenvalue weighted by atomic mass is 19.2. The highest BCUT2D eigenvalue weighted by Gasteiger charge is 2.22. The number of halogens is 2. The zero-order chi connectivity index (χ0) is 21.0. The first-order valence-corrected chi connectivity index (χ1v) is 9.54. The molecule has 0 spiro atoms. The summed E-state index contributed by atoms with van der Waals surface area (Å²) in [6.07, 6.45) is 4.16. The Kier molecular flexibility index (Phi) is 4.12. The summed E-state index contributed by atoms with van der Waals surface area (Å²) in [4.78, 5) is 23.0. The molecule has 0 atom stereocenters. The number of nitrogens with zero attached hydrogens (tertiary/aromatic N) is 5. The van der Waals surface area contributed by atoms with Crippen molar-refractivity contribution in [2.75, 3.05) is 11.4 Å². The van der Waals surface area contributed by atoms with Gasteiger partial charge >= 0.3 is 5.69 Å². The van der Waals surface area contributed by atoms with Gasteiger partial charge in [-0.1, -0.05) is 0 Å². The summed E-state index contributed by atoms with van der Waals surface area (Å²) in [5.74, 6) is -0.669. The molecule has 0 unspecified atom stereocenters. The highest BCUT2D eigenvalue weighted by molar-refractivity contribution is 5.68. The maximum absolute atomic E-state index is 13.8. The van der Waals surface area contributed by atoms with Crippen molar-refractivity contribution in [2.24, 2.45) is 0 Å². The van der Waals surface area contributed by atoms with E-state index in [0.717, 1.165) is 41.2 Å². The molecule has 1 aliphatic heterocycles. The van der Waals surface area contributed by atoms with Gasteiger partial charge < -0.3 is 4.90 Å². The number of pyridine rings is 1. The van der Waals surface area contributed by atoms with E-state index < -0.39 is 11.6 Å². The SMILES string of the molecule is Cc1cc(F)c(F)cc1-c1cnc2c(c1)CN(c1nc3n[nH]c(=O)n3cc1C)CC2. The van der Waals surface area contributed by atoms with Crippen molar-refractivity contribution in [2.45, 2.75) is 26.8 Å². The molecular formula is C21H18F2N6O. The van der Waals surface area contributed by atoms with Crippen LogP contribution in [-0.4, -0.2) is 31.1 Å². The summed E-state index contributed by atoms with van der Waals surface area (Å²) in [6.45, 7) is 4.94. The van der Waals surface area contributed by atoms with Gasteiger partial charge in [0.25, 0.3) is 5.78 Å². The lowest BCUT2D eigenvalue weighted by molar-refractivity contribution is 0.508. The zero-order valence-corrected chi connectivity index (χ0v) is 16.4. The van der Waals surface area contributed by atoms with Gasteiger partial charge in [0.1, 0.15) is 5.82 Å². The Morgan fingerprint density at radius 1 is 1.10 bits per heavy atom. The van der Waals surface area contributed by atoms with E-state index >= 15 is 0 Å². The normalized spacial score (nSPS) is 13.7. The van der Waals surface area contributed by atoms with E-state index in [9.17, 15) is 13.6 Å². The van der Waals surface area contributed by atoms with E-state index in [-0.39, 0.29) is 5.69 Å². The first kappa shape index (κ1) is 18.4. The Morgan fingerprint density at radius 3 is 2.73 bits per heavy atom. The maximum atomic E-state index is 13.8. The minimum absolute atomic E-state index is 0.315. The number of rotatable bonds is 2. The molecule has 1 aromatic carbocycles. The molecule has 9 heteroatoms. The van der Waals surface area contributed by atoms with Gasteiger partial charge in [0.15, 0.2) is 11.6 Å². The quantitative estimate of drug-likeness (QED) is 0.552. The molecule has 0 aliphatic carbocycles. The number of anilines is 1. The number of aryl methyl sites for hydroxylation is 2. The molecule has 5 rings (SSSR count). The molecule has 7 nitrogen and oxygen atoms in total. The maximum Gasteiger partial charge on any atom is 0.348 e. The van der Waals surface area contributed by atoms with E-state index in [4.69, 9.17) is 0 Å². The number of aromatic nitrogens is 5. The first-order chi connectivity index (χ1) is 14.4. The van der Waals surface area contributed by atoms with E-state index in [2.05, 4.69) is 25.1 Å². The topological polar surface area (TPSA) is 79.2 Å². The minimum Gasteiger partial charge on any atom is -0.351 e. The number of hydrogen-bond donors (Lipinski definition) is 1. The lowest BCUT2D eigenvalue weighted by atomic mass is 9.97. The van der Waals surface area contributed by atoms with Crippen molar-refractivity contribution in [3.63, 3.8) is 0 Å². The van der Waals surface area contributed by atoms with Crippen molar-refractivity contribution < 1.29 is 8.78 Å². The van der Waals surface area contributed by atoms with Crippen LogP contribution in [0.5, 0.6) is 0 Å². The van der Waals surface area contributed by atoms with Crippen LogP contribution >= 0.6 is 0 Å². The molecule has 1 aliphatic rings. The van der Waals surface area contributed by atoms with Gasteiger partial charge in [0.05, 0.1) is 0 Å².